The molecule has 182 valence electrons. The molecule has 0 bridgehead atoms. The Bertz CT molecular complexity index is 1110. The van der Waals surface area contributed by atoms with E-state index in [0.29, 0.717) is 11.3 Å². The first-order chi connectivity index (χ1) is 16.0. The Kier molecular flexibility index (Phi) is 6.72. The van der Waals surface area contributed by atoms with E-state index < -0.39 is 17.9 Å². The summed E-state index contributed by atoms with van der Waals surface area (Å²) in [6, 6.07) is 2.57. The van der Waals surface area contributed by atoms with Gasteiger partial charge in [0.05, 0.1) is 17.1 Å². The largest absolute Gasteiger partial charge is 0.433 e. The smallest absolute Gasteiger partial charge is 0.336 e. The van der Waals surface area contributed by atoms with Crippen LogP contribution in [-0.2, 0) is 33.5 Å². The zero-order valence-corrected chi connectivity index (χ0v) is 19.3. The van der Waals surface area contributed by atoms with Crippen molar-refractivity contribution in [3.05, 3.63) is 34.5 Å². The van der Waals surface area contributed by atoms with Crippen LogP contribution in [0.15, 0.2) is 17.5 Å². The highest BCUT2D eigenvalue weighted by Gasteiger charge is 2.39. The molecule has 2 aromatic rings. The summed E-state index contributed by atoms with van der Waals surface area (Å²) in [4.78, 5) is 48.4. The van der Waals surface area contributed by atoms with Gasteiger partial charge in [0.2, 0.25) is 17.7 Å². The summed E-state index contributed by atoms with van der Waals surface area (Å²) in [7, 11) is 0. The fourth-order valence-corrected chi connectivity index (χ4v) is 4.88. The molecule has 2 aliphatic rings. The summed E-state index contributed by atoms with van der Waals surface area (Å²) in [6.45, 7) is 1.65. The fourth-order valence-electron chi connectivity index (χ4n) is 4.23. The molecule has 2 aliphatic heterocycles. The number of carbonyl (C=O) groups excluding carboxylic acids is 3. The van der Waals surface area contributed by atoms with Gasteiger partial charge in [-0.3, -0.25) is 19.3 Å². The molecule has 0 aromatic carbocycles. The number of alkyl halides is 3. The first-order valence-electron chi connectivity index (χ1n) is 10.9. The summed E-state index contributed by atoms with van der Waals surface area (Å²) in [5, 5.41) is 1.72. The maximum atomic E-state index is 13.7. The van der Waals surface area contributed by atoms with E-state index in [1.807, 2.05) is 0 Å². The van der Waals surface area contributed by atoms with Crippen LogP contribution < -0.4 is 5.73 Å². The molecule has 0 saturated carbocycles. The van der Waals surface area contributed by atoms with E-state index in [0.717, 1.165) is 4.90 Å². The van der Waals surface area contributed by atoms with Crippen LogP contribution in [0.1, 0.15) is 43.1 Å². The van der Waals surface area contributed by atoms with Gasteiger partial charge in [-0.05, 0) is 24.3 Å². The average molecular weight is 496 g/mol. The molecule has 4 heterocycles. The second-order valence-electron chi connectivity index (χ2n) is 8.61. The third-order valence-electron chi connectivity index (χ3n) is 6.06. The van der Waals surface area contributed by atoms with Gasteiger partial charge in [-0.25, -0.2) is 9.97 Å². The van der Waals surface area contributed by atoms with Crippen LogP contribution in [0.4, 0.5) is 13.2 Å². The van der Waals surface area contributed by atoms with Crippen LogP contribution in [0, 0.1) is 5.92 Å². The molecular formula is C22H24F3N5O3S. The number of piperidine rings is 1. The molecule has 8 nitrogen and oxygen atoms in total. The normalized spacial score (nSPS) is 19.9. The highest BCUT2D eigenvalue weighted by Crippen LogP contribution is 2.36. The number of amides is 3. The van der Waals surface area contributed by atoms with Gasteiger partial charge in [-0.15, -0.1) is 11.3 Å². The van der Waals surface area contributed by atoms with Crippen molar-refractivity contribution in [2.45, 2.75) is 51.4 Å². The van der Waals surface area contributed by atoms with Crippen molar-refractivity contribution in [3.8, 4) is 10.7 Å². The highest BCUT2D eigenvalue weighted by molar-refractivity contribution is 7.13. The number of thiophene rings is 1. The van der Waals surface area contributed by atoms with E-state index >= 15 is 0 Å². The standard InChI is InChI=1S/C22H24F3N5O3S/c1-12-4-5-17(31)30(21(12)33)10-13(26)9-18(32)29-7-6-14-15(11-29)27-20(16-3-2-8-34-16)28-19(14)22(23,24)25/h2-3,8,12-13H,4-7,9-11,26H2,1H3/t12?,13-/m0/s1. The fraction of sp³-hybridized carbons (Fsp3) is 0.500. The number of likely N-dealkylation sites (tertiary alicyclic amines) is 1. The molecule has 34 heavy (non-hydrogen) atoms. The number of carbonyl (C=O) groups is 3. The Labute approximate surface area is 198 Å². The number of fused-ring (bicyclic) bond motifs is 1. The van der Waals surface area contributed by atoms with Crippen LogP contribution >= 0.6 is 11.3 Å². The molecule has 0 spiro atoms. The number of hydrogen-bond donors (Lipinski definition) is 1. The minimum atomic E-state index is -4.64. The number of imide groups is 1. The molecule has 3 amide bonds. The highest BCUT2D eigenvalue weighted by atomic mass is 32.1. The summed E-state index contributed by atoms with van der Waals surface area (Å²) >= 11 is 1.23. The molecule has 1 fully saturated rings. The minimum absolute atomic E-state index is 0.000322. The van der Waals surface area contributed by atoms with E-state index in [1.54, 1.807) is 24.4 Å². The monoisotopic (exact) mass is 495 g/mol. The van der Waals surface area contributed by atoms with Gasteiger partial charge in [0.25, 0.3) is 0 Å². The van der Waals surface area contributed by atoms with Gasteiger partial charge in [0.15, 0.2) is 11.5 Å². The molecule has 4 rings (SSSR count). The molecule has 0 radical (unpaired) electrons. The number of hydrogen-bond acceptors (Lipinski definition) is 7. The summed E-state index contributed by atoms with van der Waals surface area (Å²) in [6.07, 6.45) is -4.07. The molecule has 0 aliphatic carbocycles. The Morgan fingerprint density at radius 2 is 2.06 bits per heavy atom. The SMILES string of the molecule is CC1CCC(=O)N(C[C@@H](N)CC(=O)N2CCc3c(nc(-c4cccs4)nc3C(F)(F)F)C2)C1=O. The Balaban J connectivity index is 1.49. The van der Waals surface area contributed by atoms with Gasteiger partial charge in [0.1, 0.15) is 0 Å². The van der Waals surface area contributed by atoms with Gasteiger partial charge in [-0.2, -0.15) is 13.2 Å². The maximum absolute atomic E-state index is 13.7. The second kappa shape index (κ2) is 9.41. The number of nitrogens with zero attached hydrogens (tertiary/aromatic N) is 4. The molecule has 2 aromatic heterocycles. The Morgan fingerprint density at radius 3 is 2.74 bits per heavy atom. The van der Waals surface area contributed by atoms with Gasteiger partial charge >= 0.3 is 6.18 Å². The maximum Gasteiger partial charge on any atom is 0.433 e. The zero-order valence-electron chi connectivity index (χ0n) is 18.5. The predicted molar refractivity (Wildman–Crippen MR) is 117 cm³/mol. The van der Waals surface area contributed by atoms with E-state index in [4.69, 9.17) is 5.73 Å². The lowest BCUT2D eigenvalue weighted by Crippen LogP contribution is -2.50. The number of rotatable bonds is 5. The molecule has 2 atom stereocenters. The summed E-state index contributed by atoms with van der Waals surface area (Å²) in [5.41, 5.74) is 5.27. The van der Waals surface area contributed by atoms with Crippen LogP contribution in [0.2, 0.25) is 0 Å². The first kappa shape index (κ1) is 24.3. The number of halogens is 3. The quantitative estimate of drug-likeness (QED) is 0.639. The van der Waals surface area contributed by atoms with Gasteiger partial charge in [0, 0.05) is 43.5 Å². The van der Waals surface area contributed by atoms with Crippen molar-refractivity contribution in [2.24, 2.45) is 11.7 Å². The van der Waals surface area contributed by atoms with Crippen molar-refractivity contribution in [2.75, 3.05) is 13.1 Å². The predicted octanol–water partition coefficient (Wildman–Crippen LogP) is 2.61. The Morgan fingerprint density at radius 1 is 1.29 bits per heavy atom. The van der Waals surface area contributed by atoms with E-state index in [9.17, 15) is 27.6 Å². The van der Waals surface area contributed by atoms with Crippen LogP contribution in [-0.4, -0.2) is 56.6 Å². The topological polar surface area (TPSA) is 109 Å². The van der Waals surface area contributed by atoms with Gasteiger partial charge in [-0.1, -0.05) is 13.0 Å². The lowest BCUT2D eigenvalue weighted by molar-refractivity contribution is -0.152. The molecule has 1 saturated heterocycles. The lowest BCUT2D eigenvalue weighted by Gasteiger charge is -2.32. The first-order valence-corrected chi connectivity index (χ1v) is 11.8. The Hall–Kier alpha value is -2.86. The van der Waals surface area contributed by atoms with Crippen molar-refractivity contribution < 1.29 is 27.6 Å². The van der Waals surface area contributed by atoms with E-state index in [-0.39, 0.29) is 79.6 Å². The summed E-state index contributed by atoms with van der Waals surface area (Å²) < 4.78 is 41.1. The number of nitrogens with two attached hydrogens (primary N) is 1. The molecule has 12 heteroatoms. The minimum Gasteiger partial charge on any atom is -0.336 e. The van der Waals surface area contributed by atoms with Crippen molar-refractivity contribution in [3.63, 3.8) is 0 Å². The molecular weight excluding hydrogens is 471 g/mol. The van der Waals surface area contributed by atoms with Crippen LogP contribution in [0.5, 0.6) is 0 Å². The third kappa shape index (κ3) is 4.97. The summed E-state index contributed by atoms with van der Waals surface area (Å²) in [5.74, 6) is -1.28. The third-order valence-corrected chi connectivity index (χ3v) is 6.93. The lowest BCUT2D eigenvalue weighted by atomic mass is 9.97. The van der Waals surface area contributed by atoms with E-state index in [2.05, 4.69) is 9.97 Å². The van der Waals surface area contributed by atoms with Crippen LogP contribution in [0.3, 0.4) is 0 Å². The van der Waals surface area contributed by atoms with Crippen LogP contribution in [0.25, 0.3) is 10.7 Å². The van der Waals surface area contributed by atoms with E-state index in [1.165, 1.54) is 16.2 Å². The second-order valence-corrected chi connectivity index (χ2v) is 9.56. The zero-order chi connectivity index (χ0) is 24.6. The van der Waals surface area contributed by atoms with Crippen molar-refractivity contribution in [1.82, 2.24) is 19.8 Å². The molecule has 2 N–H and O–H groups in total. The molecule has 1 unspecified atom stereocenters. The average Bonchev–Trinajstić information content (AvgIpc) is 3.32. The van der Waals surface area contributed by atoms with Gasteiger partial charge < -0.3 is 10.6 Å². The van der Waals surface area contributed by atoms with Crippen molar-refractivity contribution >= 4 is 29.1 Å². The number of aromatic nitrogens is 2. The van der Waals surface area contributed by atoms with Crippen molar-refractivity contribution in [1.29, 1.82) is 0 Å².